The number of carbonyl (C=O) groups is 1. The molecule has 0 amide bonds. The second-order valence-electron chi connectivity index (χ2n) is 5.05. The van der Waals surface area contributed by atoms with Crippen LogP contribution in [0.1, 0.15) is 26.2 Å². The average molecular weight is 216 g/mol. The number of rotatable bonds is 1. The smallest absolute Gasteiger partial charge is 0.133 e. The topological polar surface area (TPSA) is 26.3 Å². The van der Waals surface area contributed by atoms with Crippen LogP contribution >= 0.6 is 0 Å². The standard InChI is InChI=1S/C14H16O2/c1-7-8(2)14-12-6-10(9(3)15)4-5-11(12)13(7)16-14/h10,13-14H,1-2,4-6H2,3H3. The van der Waals surface area contributed by atoms with Crippen molar-refractivity contribution in [1.29, 1.82) is 0 Å². The molecule has 1 saturated heterocycles. The van der Waals surface area contributed by atoms with Crippen LogP contribution in [-0.4, -0.2) is 18.0 Å². The van der Waals surface area contributed by atoms with Crippen molar-refractivity contribution in [2.75, 3.05) is 0 Å². The summed E-state index contributed by atoms with van der Waals surface area (Å²) in [5, 5.41) is 0. The number of hydrogen-bond acceptors (Lipinski definition) is 2. The van der Waals surface area contributed by atoms with Crippen LogP contribution in [0.15, 0.2) is 35.5 Å². The molecule has 2 nitrogen and oxygen atoms in total. The Morgan fingerprint density at radius 1 is 1.25 bits per heavy atom. The second kappa shape index (κ2) is 3.17. The van der Waals surface area contributed by atoms with E-state index in [0.29, 0.717) is 5.78 Å². The van der Waals surface area contributed by atoms with Gasteiger partial charge in [-0.3, -0.25) is 4.79 Å². The Labute approximate surface area is 95.7 Å². The monoisotopic (exact) mass is 216 g/mol. The van der Waals surface area contributed by atoms with Crippen molar-refractivity contribution in [2.45, 2.75) is 38.4 Å². The lowest BCUT2D eigenvalue weighted by Gasteiger charge is -2.28. The number of ketones is 1. The molecule has 2 heteroatoms. The first kappa shape index (κ1) is 10.0. The number of ether oxygens (including phenoxy) is 1. The third kappa shape index (κ3) is 1.14. The van der Waals surface area contributed by atoms with E-state index in [-0.39, 0.29) is 18.1 Å². The van der Waals surface area contributed by atoms with Crippen molar-refractivity contribution in [3.63, 3.8) is 0 Å². The van der Waals surface area contributed by atoms with Gasteiger partial charge in [-0.25, -0.2) is 0 Å². The minimum absolute atomic E-state index is 0.0367. The summed E-state index contributed by atoms with van der Waals surface area (Å²) in [6.45, 7) is 9.77. The SMILES string of the molecule is C=C1C(=C)C2OC1C1=C2CC(C(C)=O)CC1. The van der Waals surface area contributed by atoms with Crippen molar-refractivity contribution < 1.29 is 9.53 Å². The molecule has 0 aromatic heterocycles. The minimum Gasteiger partial charge on any atom is -0.357 e. The summed E-state index contributed by atoms with van der Waals surface area (Å²) in [7, 11) is 0. The molecule has 1 fully saturated rings. The van der Waals surface area contributed by atoms with E-state index in [1.54, 1.807) is 6.92 Å². The lowest BCUT2D eigenvalue weighted by molar-refractivity contribution is -0.121. The van der Waals surface area contributed by atoms with Gasteiger partial charge in [0.25, 0.3) is 0 Å². The first-order chi connectivity index (χ1) is 7.59. The molecule has 0 radical (unpaired) electrons. The predicted molar refractivity (Wildman–Crippen MR) is 62.0 cm³/mol. The van der Waals surface area contributed by atoms with E-state index in [1.165, 1.54) is 11.1 Å². The molecule has 2 aliphatic heterocycles. The molecule has 3 aliphatic rings. The first-order valence-electron chi connectivity index (χ1n) is 5.85. The zero-order valence-electron chi connectivity index (χ0n) is 9.58. The summed E-state index contributed by atoms with van der Waals surface area (Å²) >= 11 is 0. The van der Waals surface area contributed by atoms with E-state index in [4.69, 9.17) is 4.74 Å². The maximum Gasteiger partial charge on any atom is 0.133 e. The van der Waals surface area contributed by atoms with Crippen LogP contribution in [0.5, 0.6) is 0 Å². The third-order valence-corrected chi connectivity index (χ3v) is 4.17. The quantitative estimate of drug-likeness (QED) is 0.630. The van der Waals surface area contributed by atoms with Gasteiger partial charge in [0.05, 0.1) is 0 Å². The van der Waals surface area contributed by atoms with Crippen LogP contribution in [0.2, 0.25) is 0 Å². The van der Waals surface area contributed by atoms with E-state index >= 15 is 0 Å². The molecule has 3 unspecified atom stereocenters. The maximum absolute atomic E-state index is 11.4. The van der Waals surface area contributed by atoms with E-state index in [9.17, 15) is 4.79 Å². The largest absolute Gasteiger partial charge is 0.357 e. The number of Topliss-reactive ketones (excluding diaryl/α,β-unsaturated/α-hetero) is 1. The van der Waals surface area contributed by atoms with Crippen LogP contribution in [0.4, 0.5) is 0 Å². The highest BCUT2D eigenvalue weighted by Crippen LogP contribution is 2.50. The lowest BCUT2D eigenvalue weighted by atomic mass is 9.74. The summed E-state index contributed by atoms with van der Waals surface area (Å²) in [5.74, 6) is 0.501. The Bertz CT molecular complexity index is 442. The maximum atomic E-state index is 11.4. The molecule has 0 saturated carbocycles. The van der Waals surface area contributed by atoms with Crippen LogP contribution < -0.4 is 0 Å². The summed E-state index contributed by atoms with van der Waals surface area (Å²) in [4.78, 5) is 11.4. The minimum atomic E-state index is 0.0367. The zero-order valence-corrected chi connectivity index (χ0v) is 9.58. The molecule has 16 heavy (non-hydrogen) atoms. The molecule has 1 aliphatic carbocycles. The van der Waals surface area contributed by atoms with Crippen molar-refractivity contribution in [2.24, 2.45) is 5.92 Å². The Morgan fingerprint density at radius 3 is 2.50 bits per heavy atom. The van der Waals surface area contributed by atoms with Gasteiger partial charge in [-0.1, -0.05) is 13.2 Å². The molecule has 0 aromatic rings. The van der Waals surface area contributed by atoms with Crippen molar-refractivity contribution in [3.8, 4) is 0 Å². The van der Waals surface area contributed by atoms with Gasteiger partial charge in [0.15, 0.2) is 0 Å². The molecule has 0 spiro atoms. The van der Waals surface area contributed by atoms with E-state index < -0.39 is 0 Å². The van der Waals surface area contributed by atoms with Gasteiger partial charge >= 0.3 is 0 Å². The molecular weight excluding hydrogens is 200 g/mol. The fourth-order valence-corrected chi connectivity index (χ4v) is 3.13. The van der Waals surface area contributed by atoms with Crippen molar-refractivity contribution in [3.05, 3.63) is 35.5 Å². The fourth-order valence-electron chi connectivity index (χ4n) is 3.13. The summed E-state index contributed by atoms with van der Waals surface area (Å²) in [6, 6.07) is 0. The van der Waals surface area contributed by atoms with Crippen LogP contribution in [0, 0.1) is 5.92 Å². The normalized spacial score (nSPS) is 36.9. The Morgan fingerprint density at radius 2 is 1.88 bits per heavy atom. The fraction of sp³-hybridized carbons (Fsp3) is 0.500. The van der Waals surface area contributed by atoms with Gasteiger partial charge in [0, 0.05) is 5.92 Å². The van der Waals surface area contributed by atoms with Crippen LogP contribution in [0.3, 0.4) is 0 Å². The molecule has 0 N–H and O–H groups in total. The predicted octanol–water partition coefficient (Wildman–Crippen LogP) is 2.57. The Hall–Kier alpha value is -1.15. The van der Waals surface area contributed by atoms with E-state index in [2.05, 4.69) is 13.2 Å². The molecule has 0 aromatic carbocycles. The molecule has 3 atom stereocenters. The number of fused-ring (bicyclic) bond motifs is 4. The van der Waals surface area contributed by atoms with E-state index in [1.807, 2.05) is 0 Å². The lowest BCUT2D eigenvalue weighted by Crippen LogP contribution is -2.24. The van der Waals surface area contributed by atoms with Gasteiger partial charge in [-0.15, -0.1) is 0 Å². The number of carbonyl (C=O) groups excluding carboxylic acids is 1. The average Bonchev–Trinajstić information content (AvgIpc) is 2.77. The third-order valence-electron chi connectivity index (χ3n) is 4.17. The molecule has 84 valence electrons. The van der Waals surface area contributed by atoms with Gasteiger partial charge < -0.3 is 4.74 Å². The molecule has 2 bridgehead atoms. The Balaban J connectivity index is 1.95. The van der Waals surface area contributed by atoms with Gasteiger partial charge in [-0.2, -0.15) is 0 Å². The highest BCUT2D eigenvalue weighted by Gasteiger charge is 2.47. The van der Waals surface area contributed by atoms with Crippen LogP contribution in [-0.2, 0) is 9.53 Å². The molecular formula is C14H16O2. The molecule has 2 heterocycles. The first-order valence-corrected chi connectivity index (χ1v) is 5.85. The highest BCUT2D eigenvalue weighted by molar-refractivity contribution is 5.79. The Kier molecular flexibility index (Phi) is 1.99. The zero-order chi connectivity index (χ0) is 11.4. The van der Waals surface area contributed by atoms with Gasteiger partial charge in [0.1, 0.15) is 18.0 Å². The highest BCUT2D eigenvalue weighted by atomic mass is 16.5. The van der Waals surface area contributed by atoms with Gasteiger partial charge in [-0.05, 0) is 48.5 Å². The van der Waals surface area contributed by atoms with Gasteiger partial charge in [0.2, 0.25) is 0 Å². The van der Waals surface area contributed by atoms with E-state index in [0.717, 1.165) is 30.4 Å². The van der Waals surface area contributed by atoms with Crippen molar-refractivity contribution in [1.82, 2.24) is 0 Å². The van der Waals surface area contributed by atoms with Crippen LogP contribution in [0.25, 0.3) is 0 Å². The molecule has 3 rings (SSSR count). The van der Waals surface area contributed by atoms with Crippen molar-refractivity contribution >= 4 is 5.78 Å². The summed E-state index contributed by atoms with van der Waals surface area (Å²) < 4.78 is 5.89. The summed E-state index contributed by atoms with van der Waals surface area (Å²) in [5.41, 5.74) is 4.78. The summed E-state index contributed by atoms with van der Waals surface area (Å²) in [6.07, 6.45) is 2.96. The second-order valence-corrected chi connectivity index (χ2v) is 5.05. The number of hydrogen-bond donors (Lipinski definition) is 0.